The molecule has 21 heavy (non-hydrogen) atoms. The van der Waals surface area contributed by atoms with E-state index in [1.165, 1.54) is 12.5 Å². The van der Waals surface area contributed by atoms with Crippen LogP contribution in [0.4, 0.5) is 10.1 Å². The summed E-state index contributed by atoms with van der Waals surface area (Å²) < 4.78 is 13.9. The van der Waals surface area contributed by atoms with E-state index in [-0.39, 0.29) is 11.6 Å². The summed E-state index contributed by atoms with van der Waals surface area (Å²) in [5, 5.41) is 3.36. The van der Waals surface area contributed by atoms with E-state index in [0.29, 0.717) is 17.2 Å². The number of piperidine rings is 1. The minimum absolute atomic E-state index is 0.202. The zero-order chi connectivity index (χ0) is 15.6. The molecule has 1 aromatic carbocycles. The van der Waals surface area contributed by atoms with Gasteiger partial charge in [-0.15, -0.1) is 0 Å². The van der Waals surface area contributed by atoms with Crippen LogP contribution in [0.2, 0.25) is 0 Å². The quantitative estimate of drug-likeness (QED) is 0.896. The molecule has 0 aliphatic carbocycles. The van der Waals surface area contributed by atoms with Crippen molar-refractivity contribution < 1.29 is 9.18 Å². The van der Waals surface area contributed by atoms with Gasteiger partial charge in [0.2, 0.25) is 5.91 Å². The van der Waals surface area contributed by atoms with Crippen LogP contribution >= 0.6 is 0 Å². The van der Waals surface area contributed by atoms with Crippen LogP contribution in [0, 0.1) is 18.7 Å². The van der Waals surface area contributed by atoms with Crippen LogP contribution in [0.5, 0.6) is 0 Å². The second-order valence-electron chi connectivity index (χ2n) is 6.09. The summed E-state index contributed by atoms with van der Waals surface area (Å²) in [4.78, 5) is 13.6. The summed E-state index contributed by atoms with van der Waals surface area (Å²) in [6.45, 7) is 5.99. The van der Waals surface area contributed by atoms with Gasteiger partial charge in [0.15, 0.2) is 0 Å². The van der Waals surface area contributed by atoms with Gasteiger partial charge < -0.3 is 16.0 Å². The van der Waals surface area contributed by atoms with Crippen molar-refractivity contribution in [2.45, 2.75) is 32.7 Å². The third-order valence-electron chi connectivity index (χ3n) is 4.38. The van der Waals surface area contributed by atoms with Gasteiger partial charge in [-0.1, -0.05) is 0 Å². The average Bonchev–Trinajstić information content (AvgIpc) is 2.43. The predicted molar refractivity (Wildman–Crippen MR) is 83.0 cm³/mol. The van der Waals surface area contributed by atoms with Crippen molar-refractivity contribution >= 4 is 11.6 Å². The van der Waals surface area contributed by atoms with Gasteiger partial charge in [-0.3, -0.25) is 4.79 Å². The van der Waals surface area contributed by atoms with Gasteiger partial charge in [0.1, 0.15) is 5.82 Å². The number of hydrogen-bond donors (Lipinski definition) is 2. The van der Waals surface area contributed by atoms with Gasteiger partial charge in [0.05, 0.1) is 0 Å². The van der Waals surface area contributed by atoms with E-state index in [1.54, 1.807) is 13.0 Å². The summed E-state index contributed by atoms with van der Waals surface area (Å²) in [5.41, 5.74) is 6.64. The third kappa shape index (κ3) is 3.73. The van der Waals surface area contributed by atoms with Gasteiger partial charge in [0.25, 0.3) is 0 Å². The first kappa shape index (κ1) is 15.8. The fourth-order valence-corrected chi connectivity index (χ4v) is 2.95. The lowest BCUT2D eigenvalue weighted by Gasteiger charge is -2.34. The molecule has 116 valence electrons. The first-order chi connectivity index (χ1) is 9.88. The molecular weight excluding hydrogens is 269 g/mol. The summed E-state index contributed by atoms with van der Waals surface area (Å²) in [7, 11) is 2.12. The molecule has 1 aliphatic rings. The van der Waals surface area contributed by atoms with E-state index in [0.717, 1.165) is 19.5 Å². The molecule has 0 saturated carbocycles. The number of nitrogens with one attached hydrogen (secondary N) is 1. The van der Waals surface area contributed by atoms with Crippen molar-refractivity contribution in [3.63, 3.8) is 0 Å². The summed E-state index contributed by atoms with van der Waals surface area (Å²) in [6.07, 6.45) is 2.34. The Labute approximate surface area is 125 Å². The number of carbonyl (C=O) groups excluding carboxylic acids is 1. The van der Waals surface area contributed by atoms with E-state index in [4.69, 9.17) is 5.73 Å². The zero-order valence-electron chi connectivity index (χ0n) is 12.9. The van der Waals surface area contributed by atoms with E-state index in [2.05, 4.69) is 24.2 Å². The Bertz CT molecular complexity index is 532. The summed E-state index contributed by atoms with van der Waals surface area (Å²) >= 11 is 0. The maximum atomic E-state index is 13.9. The predicted octanol–water partition coefficient (Wildman–Crippen LogP) is 2.38. The van der Waals surface area contributed by atoms with Crippen molar-refractivity contribution in [1.82, 2.24) is 4.90 Å². The van der Waals surface area contributed by atoms with E-state index < -0.39 is 11.7 Å². The van der Waals surface area contributed by atoms with E-state index >= 15 is 0 Å². The lowest BCUT2D eigenvalue weighted by molar-refractivity contribution is 0.1000. The normalized spacial score (nSPS) is 21.0. The third-order valence-corrected chi connectivity index (χ3v) is 4.38. The maximum Gasteiger partial charge on any atom is 0.248 e. The standard InChI is InChI=1S/C16H24FN3O/c1-10-14(17)7-13(16(18)21)8-15(10)19-11(2)12-5-4-6-20(3)9-12/h7-8,11-12,19H,4-6,9H2,1-3H3,(H2,18,21). The topological polar surface area (TPSA) is 58.4 Å². The lowest BCUT2D eigenvalue weighted by Crippen LogP contribution is -2.40. The Morgan fingerprint density at radius 1 is 1.52 bits per heavy atom. The van der Waals surface area contributed by atoms with Crippen LogP contribution in [0.15, 0.2) is 12.1 Å². The zero-order valence-corrected chi connectivity index (χ0v) is 12.9. The Balaban J connectivity index is 2.16. The molecule has 1 amide bonds. The van der Waals surface area contributed by atoms with Crippen molar-refractivity contribution in [3.05, 3.63) is 29.1 Å². The molecule has 1 aromatic rings. The Morgan fingerprint density at radius 3 is 2.86 bits per heavy atom. The molecule has 0 spiro atoms. The van der Waals surface area contributed by atoms with Gasteiger partial charge >= 0.3 is 0 Å². The largest absolute Gasteiger partial charge is 0.382 e. The Hall–Kier alpha value is -1.62. The summed E-state index contributed by atoms with van der Waals surface area (Å²) in [6, 6.07) is 3.06. The van der Waals surface area contributed by atoms with Crippen LogP contribution in [-0.4, -0.2) is 37.0 Å². The molecule has 3 N–H and O–H groups in total. The fraction of sp³-hybridized carbons (Fsp3) is 0.562. The smallest absolute Gasteiger partial charge is 0.248 e. The molecule has 4 nitrogen and oxygen atoms in total. The number of likely N-dealkylation sites (tertiary alicyclic amines) is 1. The molecule has 5 heteroatoms. The number of carbonyl (C=O) groups is 1. The van der Waals surface area contributed by atoms with E-state index in [1.807, 2.05) is 0 Å². The molecule has 0 radical (unpaired) electrons. The second-order valence-corrected chi connectivity index (χ2v) is 6.09. The highest BCUT2D eigenvalue weighted by Gasteiger charge is 2.23. The SMILES string of the molecule is Cc1c(F)cc(C(N)=O)cc1NC(C)C1CCCN(C)C1. The number of primary amides is 1. The van der Waals surface area contributed by atoms with Gasteiger partial charge in [-0.25, -0.2) is 4.39 Å². The highest BCUT2D eigenvalue weighted by molar-refractivity contribution is 5.94. The monoisotopic (exact) mass is 293 g/mol. The van der Waals surface area contributed by atoms with Crippen molar-refractivity contribution in [2.75, 3.05) is 25.5 Å². The lowest BCUT2D eigenvalue weighted by atomic mass is 9.91. The number of halogens is 1. The van der Waals surface area contributed by atoms with Gasteiger partial charge in [-0.2, -0.15) is 0 Å². The van der Waals surface area contributed by atoms with Crippen LogP contribution in [0.1, 0.15) is 35.7 Å². The number of nitrogens with zero attached hydrogens (tertiary/aromatic N) is 1. The van der Waals surface area contributed by atoms with Crippen LogP contribution in [0.25, 0.3) is 0 Å². The molecule has 1 fully saturated rings. The van der Waals surface area contributed by atoms with Crippen molar-refractivity contribution in [2.24, 2.45) is 11.7 Å². The van der Waals surface area contributed by atoms with Gasteiger partial charge in [0, 0.05) is 29.4 Å². The number of benzene rings is 1. The molecule has 2 rings (SSSR count). The number of hydrogen-bond acceptors (Lipinski definition) is 3. The van der Waals surface area contributed by atoms with Crippen LogP contribution in [-0.2, 0) is 0 Å². The molecule has 1 aliphatic heterocycles. The fourth-order valence-electron chi connectivity index (χ4n) is 2.95. The maximum absolute atomic E-state index is 13.9. The van der Waals surface area contributed by atoms with Crippen molar-refractivity contribution in [3.8, 4) is 0 Å². The minimum Gasteiger partial charge on any atom is -0.382 e. The Kier molecular flexibility index (Phi) is 4.83. The molecule has 0 aromatic heterocycles. The number of amides is 1. The molecule has 2 unspecified atom stereocenters. The number of anilines is 1. The van der Waals surface area contributed by atoms with Crippen LogP contribution < -0.4 is 11.1 Å². The highest BCUT2D eigenvalue weighted by atomic mass is 19.1. The number of nitrogens with two attached hydrogens (primary N) is 1. The Morgan fingerprint density at radius 2 is 2.24 bits per heavy atom. The van der Waals surface area contributed by atoms with Crippen molar-refractivity contribution in [1.29, 1.82) is 0 Å². The van der Waals surface area contributed by atoms with E-state index in [9.17, 15) is 9.18 Å². The molecule has 2 atom stereocenters. The molecule has 1 heterocycles. The van der Waals surface area contributed by atoms with Gasteiger partial charge in [-0.05, 0) is 58.3 Å². The first-order valence-corrected chi connectivity index (χ1v) is 7.43. The molecular formula is C16H24FN3O. The molecule has 0 bridgehead atoms. The number of rotatable bonds is 4. The molecule has 1 saturated heterocycles. The first-order valence-electron chi connectivity index (χ1n) is 7.43. The minimum atomic E-state index is -0.609. The second kappa shape index (κ2) is 6.43. The average molecular weight is 293 g/mol. The summed E-state index contributed by atoms with van der Waals surface area (Å²) in [5.74, 6) is -0.493. The van der Waals surface area contributed by atoms with Crippen LogP contribution in [0.3, 0.4) is 0 Å². The highest BCUT2D eigenvalue weighted by Crippen LogP contribution is 2.25.